The number of methoxy groups -OCH3 is 2. The Morgan fingerprint density at radius 3 is 2.45 bits per heavy atom. The zero-order valence-electron chi connectivity index (χ0n) is 19.0. The number of fused-ring (bicyclic) bond motifs is 1. The molecule has 4 aromatic rings. The summed E-state index contributed by atoms with van der Waals surface area (Å²) in [5, 5.41) is 12.4. The minimum absolute atomic E-state index is 0.219. The van der Waals surface area contributed by atoms with E-state index in [2.05, 4.69) is 15.5 Å². The molecule has 0 radical (unpaired) electrons. The topological polar surface area (TPSA) is 100 Å². The monoisotopic (exact) mass is 447 g/mol. The van der Waals surface area contributed by atoms with Crippen molar-refractivity contribution in [3.05, 3.63) is 75.8 Å². The van der Waals surface area contributed by atoms with Crippen LogP contribution < -0.4 is 20.3 Å². The van der Waals surface area contributed by atoms with Crippen molar-refractivity contribution in [1.29, 1.82) is 0 Å². The molecule has 0 aliphatic carbocycles. The van der Waals surface area contributed by atoms with Gasteiger partial charge in [0.25, 0.3) is 5.56 Å². The number of para-hydroxylation sites is 2. The third-order valence-electron chi connectivity index (χ3n) is 5.44. The molecule has 0 aliphatic heterocycles. The van der Waals surface area contributed by atoms with Crippen LogP contribution in [0.2, 0.25) is 0 Å². The van der Waals surface area contributed by atoms with Crippen LogP contribution in [0.4, 0.5) is 0 Å². The first-order valence-electron chi connectivity index (χ1n) is 10.4. The molecule has 2 aromatic carbocycles. The van der Waals surface area contributed by atoms with Crippen LogP contribution in [0.25, 0.3) is 16.6 Å². The van der Waals surface area contributed by atoms with Crippen LogP contribution in [0.5, 0.6) is 11.5 Å². The van der Waals surface area contributed by atoms with E-state index in [1.54, 1.807) is 31.9 Å². The van der Waals surface area contributed by atoms with E-state index < -0.39 is 5.56 Å². The Labute approximate surface area is 190 Å². The Morgan fingerprint density at radius 2 is 1.76 bits per heavy atom. The Balaban J connectivity index is 1.59. The quantitative estimate of drug-likeness (QED) is 0.467. The number of aromatic nitrogens is 4. The average molecular weight is 447 g/mol. The summed E-state index contributed by atoms with van der Waals surface area (Å²) in [4.78, 5) is 25.7. The van der Waals surface area contributed by atoms with E-state index in [4.69, 9.17) is 9.47 Å². The van der Waals surface area contributed by atoms with Crippen LogP contribution in [0.15, 0.2) is 53.3 Å². The summed E-state index contributed by atoms with van der Waals surface area (Å²) >= 11 is 0. The largest absolute Gasteiger partial charge is 0.493 e. The highest BCUT2D eigenvalue weighted by atomic mass is 16.5. The van der Waals surface area contributed by atoms with Gasteiger partial charge in [-0.05, 0) is 32.0 Å². The van der Waals surface area contributed by atoms with Crippen LogP contribution in [0, 0.1) is 13.8 Å². The molecular weight excluding hydrogens is 422 g/mol. The van der Waals surface area contributed by atoms with Crippen LogP contribution in [0.1, 0.15) is 17.0 Å². The summed E-state index contributed by atoms with van der Waals surface area (Å²) in [6, 6.07) is 15.0. The van der Waals surface area contributed by atoms with Crippen molar-refractivity contribution in [2.75, 3.05) is 14.2 Å². The highest BCUT2D eigenvalue weighted by molar-refractivity contribution is 5.83. The second-order valence-electron chi connectivity index (χ2n) is 7.53. The van der Waals surface area contributed by atoms with Crippen LogP contribution >= 0.6 is 0 Å². The second kappa shape index (κ2) is 9.15. The molecule has 170 valence electrons. The summed E-state index contributed by atoms with van der Waals surface area (Å²) in [5.74, 6) is 0.773. The molecule has 9 nitrogen and oxygen atoms in total. The van der Waals surface area contributed by atoms with Gasteiger partial charge in [0.05, 0.1) is 36.7 Å². The van der Waals surface area contributed by atoms with E-state index in [0.717, 1.165) is 21.6 Å². The standard InChI is InChI=1S/C24H25N5O4/c1-15-21-16(2)29(18-10-6-5-7-11-18)27-22(21)24(31)28(26-15)14-20(30)25-13-17-9-8-12-19(32-3)23(17)33-4/h5-12H,13-14H2,1-4H3,(H,25,30). The van der Waals surface area contributed by atoms with Crippen molar-refractivity contribution < 1.29 is 14.3 Å². The highest BCUT2D eigenvalue weighted by Crippen LogP contribution is 2.30. The van der Waals surface area contributed by atoms with E-state index in [0.29, 0.717) is 22.6 Å². The molecule has 0 spiro atoms. The van der Waals surface area contributed by atoms with Crippen molar-refractivity contribution in [1.82, 2.24) is 24.9 Å². The van der Waals surface area contributed by atoms with Crippen LogP contribution in [0.3, 0.4) is 0 Å². The molecule has 1 N–H and O–H groups in total. The number of hydrogen-bond donors (Lipinski definition) is 1. The lowest BCUT2D eigenvalue weighted by Crippen LogP contribution is -2.34. The van der Waals surface area contributed by atoms with Gasteiger partial charge in [0.1, 0.15) is 6.54 Å². The Morgan fingerprint density at radius 1 is 1.00 bits per heavy atom. The summed E-state index contributed by atoms with van der Waals surface area (Å²) in [6.45, 7) is 3.70. The van der Waals surface area contributed by atoms with Gasteiger partial charge >= 0.3 is 0 Å². The highest BCUT2D eigenvalue weighted by Gasteiger charge is 2.19. The molecule has 0 saturated heterocycles. The number of carbonyl (C=O) groups is 1. The van der Waals surface area contributed by atoms with E-state index >= 15 is 0 Å². The first-order chi connectivity index (χ1) is 15.9. The van der Waals surface area contributed by atoms with Crippen LogP contribution in [-0.2, 0) is 17.9 Å². The van der Waals surface area contributed by atoms with E-state index in [9.17, 15) is 9.59 Å². The molecule has 0 aliphatic rings. The molecule has 0 bridgehead atoms. The normalized spacial score (nSPS) is 10.9. The predicted molar refractivity (Wildman–Crippen MR) is 124 cm³/mol. The average Bonchev–Trinajstić information content (AvgIpc) is 3.19. The van der Waals surface area contributed by atoms with Gasteiger partial charge in [-0.15, -0.1) is 0 Å². The maximum atomic E-state index is 13.1. The molecule has 2 heterocycles. The zero-order chi connectivity index (χ0) is 23.5. The SMILES string of the molecule is COc1cccc(CNC(=O)Cn2nc(C)c3c(C)n(-c4ccccc4)nc3c2=O)c1OC. The molecule has 0 unspecified atom stereocenters. The molecule has 0 atom stereocenters. The van der Waals surface area contributed by atoms with Crippen molar-refractivity contribution in [3.8, 4) is 17.2 Å². The molecule has 0 saturated carbocycles. The Bertz CT molecular complexity index is 1380. The molecule has 0 fully saturated rings. The first kappa shape index (κ1) is 22.1. The number of amides is 1. The molecule has 33 heavy (non-hydrogen) atoms. The lowest BCUT2D eigenvalue weighted by atomic mass is 10.2. The van der Waals surface area contributed by atoms with Crippen molar-refractivity contribution in [3.63, 3.8) is 0 Å². The van der Waals surface area contributed by atoms with Gasteiger partial charge in [-0.2, -0.15) is 10.2 Å². The third-order valence-corrected chi connectivity index (χ3v) is 5.44. The maximum absolute atomic E-state index is 13.1. The van der Waals surface area contributed by atoms with Gasteiger partial charge in [-0.3, -0.25) is 9.59 Å². The summed E-state index contributed by atoms with van der Waals surface area (Å²) in [5.41, 5.74) is 2.93. The predicted octanol–water partition coefficient (Wildman–Crippen LogP) is 2.53. The Hall–Kier alpha value is -4.14. The van der Waals surface area contributed by atoms with Gasteiger partial charge in [-0.1, -0.05) is 30.3 Å². The fourth-order valence-corrected chi connectivity index (χ4v) is 3.89. The van der Waals surface area contributed by atoms with Gasteiger partial charge in [0.15, 0.2) is 17.0 Å². The molecule has 1 amide bonds. The van der Waals surface area contributed by atoms with Gasteiger partial charge in [-0.25, -0.2) is 9.36 Å². The first-order valence-corrected chi connectivity index (χ1v) is 10.4. The number of carbonyl (C=O) groups excluding carboxylic acids is 1. The number of hydrogen-bond acceptors (Lipinski definition) is 6. The summed E-state index contributed by atoms with van der Waals surface area (Å²) in [6.07, 6.45) is 0. The fraction of sp³-hybridized carbons (Fsp3) is 0.250. The van der Waals surface area contributed by atoms with Gasteiger partial charge in [0, 0.05) is 12.1 Å². The molecule has 9 heteroatoms. The lowest BCUT2D eigenvalue weighted by molar-refractivity contribution is -0.122. The van der Waals surface area contributed by atoms with Crippen molar-refractivity contribution in [2.45, 2.75) is 26.9 Å². The smallest absolute Gasteiger partial charge is 0.295 e. The Kier molecular flexibility index (Phi) is 6.12. The van der Waals surface area contributed by atoms with E-state index in [1.165, 1.54) is 0 Å². The minimum Gasteiger partial charge on any atom is -0.493 e. The number of ether oxygens (including phenoxy) is 2. The number of benzene rings is 2. The summed E-state index contributed by atoms with van der Waals surface area (Å²) < 4.78 is 13.6. The summed E-state index contributed by atoms with van der Waals surface area (Å²) in [7, 11) is 3.10. The lowest BCUT2D eigenvalue weighted by Gasteiger charge is -2.13. The maximum Gasteiger partial charge on any atom is 0.295 e. The van der Waals surface area contributed by atoms with Crippen molar-refractivity contribution >= 4 is 16.8 Å². The minimum atomic E-state index is -0.414. The third kappa shape index (κ3) is 4.17. The van der Waals surface area contributed by atoms with Gasteiger partial charge < -0.3 is 14.8 Å². The molecule has 4 rings (SSSR count). The number of nitrogens with zero attached hydrogens (tertiary/aromatic N) is 4. The molecular formula is C24H25N5O4. The number of aryl methyl sites for hydroxylation is 2. The van der Waals surface area contributed by atoms with E-state index in [-0.39, 0.29) is 24.5 Å². The van der Waals surface area contributed by atoms with E-state index in [1.807, 2.05) is 49.4 Å². The fourth-order valence-electron chi connectivity index (χ4n) is 3.89. The number of rotatable bonds is 7. The van der Waals surface area contributed by atoms with Crippen molar-refractivity contribution in [2.24, 2.45) is 0 Å². The van der Waals surface area contributed by atoms with Gasteiger partial charge in [0.2, 0.25) is 5.91 Å². The number of nitrogens with one attached hydrogen (secondary N) is 1. The molecule has 2 aromatic heterocycles. The van der Waals surface area contributed by atoms with Crippen LogP contribution in [-0.4, -0.2) is 39.7 Å². The second-order valence-corrected chi connectivity index (χ2v) is 7.53. The zero-order valence-corrected chi connectivity index (χ0v) is 19.0.